The van der Waals surface area contributed by atoms with E-state index in [1.54, 1.807) is 0 Å². The molecule has 0 amide bonds. The van der Waals surface area contributed by atoms with Gasteiger partial charge in [-0.25, -0.2) is 0 Å². The summed E-state index contributed by atoms with van der Waals surface area (Å²) in [7, 11) is 0. The van der Waals surface area contributed by atoms with Crippen molar-refractivity contribution < 1.29 is 0 Å². The first kappa shape index (κ1) is 19.2. The van der Waals surface area contributed by atoms with Gasteiger partial charge in [0.2, 0.25) is 0 Å². The molecule has 2 aliphatic carbocycles. The van der Waals surface area contributed by atoms with Crippen LogP contribution in [0.25, 0.3) is 5.57 Å². The Morgan fingerprint density at radius 3 is 1.88 bits per heavy atom. The Labute approximate surface area is 161 Å². The van der Waals surface area contributed by atoms with Gasteiger partial charge >= 0.3 is 0 Å². The molecule has 0 unspecified atom stereocenters. The first-order valence-corrected chi connectivity index (χ1v) is 10.7. The van der Waals surface area contributed by atoms with Crippen molar-refractivity contribution in [3.63, 3.8) is 0 Å². The molecule has 1 aromatic carbocycles. The third kappa shape index (κ3) is 5.00. The number of allylic oxidation sites excluding steroid dienone is 4. The zero-order valence-corrected chi connectivity index (χ0v) is 16.8. The fraction of sp³-hybridized carbons (Fsp3) is 0.538. The van der Waals surface area contributed by atoms with Gasteiger partial charge in [0.05, 0.1) is 0 Å². The number of benzene rings is 1. The lowest BCUT2D eigenvalue weighted by molar-refractivity contribution is 0.165. The molecule has 2 saturated carbocycles. The predicted molar refractivity (Wildman–Crippen MR) is 115 cm³/mol. The van der Waals surface area contributed by atoms with Crippen LogP contribution in [-0.4, -0.2) is 0 Å². The molecular formula is C26H36. The third-order valence-corrected chi connectivity index (χ3v) is 6.82. The van der Waals surface area contributed by atoms with Crippen molar-refractivity contribution in [1.82, 2.24) is 0 Å². The Balaban J connectivity index is 1.53. The van der Waals surface area contributed by atoms with Gasteiger partial charge in [-0.3, -0.25) is 0 Å². The average molecular weight is 349 g/mol. The molecular weight excluding hydrogens is 312 g/mol. The second-order valence-corrected chi connectivity index (χ2v) is 8.96. The van der Waals surface area contributed by atoms with E-state index in [0.717, 1.165) is 34.8 Å². The molecule has 0 aromatic heterocycles. The molecule has 3 rings (SSSR count). The Kier molecular flexibility index (Phi) is 6.57. The lowest BCUT2D eigenvalue weighted by Crippen LogP contribution is -2.24. The van der Waals surface area contributed by atoms with Crippen LogP contribution in [-0.2, 0) is 0 Å². The molecule has 0 aliphatic heterocycles. The summed E-state index contributed by atoms with van der Waals surface area (Å²) in [6.45, 7) is 12.5. The van der Waals surface area contributed by atoms with Gasteiger partial charge in [-0.2, -0.15) is 0 Å². The Morgan fingerprint density at radius 2 is 1.35 bits per heavy atom. The van der Waals surface area contributed by atoms with Crippen molar-refractivity contribution in [3.8, 4) is 0 Å². The highest BCUT2D eigenvalue weighted by Crippen LogP contribution is 2.43. The van der Waals surface area contributed by atoms with Gasteiger partial charge in [0, 0.05) is 0 Å². The minimum absolute atomic E-state index is 0.766. The molecule has 2 fully saturated rings. The summed E-state index contributed by atoms with van der Waals surface area (Å²) in [6.07, 6.45) is 15.7. The molecule has 0 N–H and O–H groups in total. The minimum atomic E-state index is 0.766. The molecule has 2 aliphatic rings. The summed E-state index contributed by atoms with van der Waals surface area (Å²) in [6, 6.07) is 9.16. The van der Waals surface area contributed by atoms with Gasteiger partial charge < -0.3 is 0 Å². The fourth-order valence-electron chi connectivity index (χ4n) is 4.99. The van der Waals surface area contributed by atoms with E-state index in [9.17, 15) is 0 Å². The summed E-state index contributed by atoms with van der Waals surface area (Å²) in [5, 5.41) is 0. The van der Waals surface area contributed by atoms with Crippen molar-refractivity contribution in [2.75, 3.05) is 0 Å². The van der Waals surface area contributed by atoms with Gasteiger partial charge in [-0.05, 0) is 85.8 Å². The van der Waals surface area contributed by atoms with Gasteiger partial charge in [-0.15, -0.1) is 0 Å². The molecule has 0 nitrogen and oxygen atoms in total. The lowest BCUT2D eigenvalue weighted by atomic mass is 9.68. The molecule has 0 spiro atoms. The van der Waals surface area contributed by atoms with Crippen molar-refractivity contribution in [2.45, 2.75) is 71.1 Å². The van der Waals surface area contributed by atoms with E-state index in [0.29, 0.717) is 0 Å². The largest absolute Gasteiger partial charge is 0.0961 e. The molecule has 0 radical (unpaired) electrons. The summed E-state index contributed by atoms with van der Waals surface area (Å²) < 4.78 is 0. The Bertz CT molecular complexity index is 629. The van der Waals surface area contributed by atoms with Gasteiger partial charge in [-0.1, -0.05) is 74.9 Å². The van der Waals surface area contributed by atoms with Crippen LogP contribution in [0.3, 0.4) is 0 Å². The predicted octanol–water partition coefficient (Wildman–Crippen LogP) is 7.93. The van der Waals surface area contributed by atoms with E-state index in [-0.39, 0.29) is 0 Å². The highest BCUT2D eigenvalue weighted by atomic mass is 14.4. The van der Waals surface area contributed by atoms with E-state index < -0.39 is 0 Å². The molecule has 0 atom stereocenters. The quantitative estimate of drug-likeness (QED) is 0.474. The number of hydrogen-bond donors (Lipinski definition) is 0. The maximum Gasteiger partial charge on any atom is -0.0162 e. The van der Waals surface area contributed by atoms with Crippen LogP contribution in [0, 0.1) is 17.8 Å². The summed E-state index contributed by atoms with van der Waals surface area (Å²) >= 11 is 0. The van der Waals surface area contributed by atoms with Crippen molar-refractivity contribution in [3.05, 3.63) is 66.3 Å². The SMILES string of the molecule is C=C(C)/C=C\C(=C)c1ccc(C2CCC(C3CCC(C)CC3)CC2)cc1. The summed E-state index contributed by atoms with van der Waals surface area (Å²) in [4.78, 5) is 0. The minimum Gasteiger partial charge on any atom is -0.0961 e. The summed E-state index contributed by atoms with van der Waals surface area (Å²) in [5.74, 6) is 3.77. The number of rotatable bonds is 5. The molecule has 0 bridgehead atoms. The van der Waals surface area contributed by atoms with Crippen LogP contribution >= 0.6 is 0 Å². The maximum absolute atomic E-state index is 4.18. The van der Waals surface area contributed by atoms with E-state index in [1.165, 1.54) is 62.5 Å². The first-order chi connectivity index (χ1) is 12.5. The third-order valence-electron chi connectivity index (χ3n) is 6.82. The van der Waals surface area contributed by atoms with E-state index >= 15 is 0 Å². The van der Waals surface area contributed by atoms with Crippen LogP contribution in [0.4, 0.5) is 0 Å². The Hall–Kier alpha value is -1.56. The standard InChI is InChI=1S/C26H36/c1-19(2)5-8-21(4)22-11-13-24(14-12-22)26-17-15-25(16-18-26)23-9-6-20(3)7-10-23/h5,8,11-14,20,23,25-26H,1,4,6-7,9-10,15-18H2,2-3H3/b8-5-. The molecule has 0 heterocycles. The van der Waals surface area contributed by atoms with Gasteiger partial charge in [0.25, 0.3) is 0 Å². The molecule has 140 valence electrons. The Morgan fingerprint density at radius 1 is 0.808 bits per heavy atom. The molecule has 1 aromatic rings. The van der Waals surface area contributed by atoms with E-state index in [2.05, 4.69) is 50.4 Å². The van der Waals surface area contributed by atoms with Crippen LogP contribution in [0.5, 0.6) is 0 Å². The zero-order valence-electron chi connectivity index (χ0n) is 16.8. The summed E-state index contributed by atoms with van der Waals surface area (Å²) in [5.41, 5.74) is 4.87. The van der Waals surface area contributed by atoms with Crippen LogP contribution in [0.1, 0.15) is 82.3 Å². The maximum atomic E-state index is 4.18. The highest BCUT2D eigenvalue weighted by molar-refractivity contribution is 5.72. The van der Waals surface area contributed by atoms with E-state index in [4.69, 9.17) is 0 Å². The average Bonchev–Trinajstić information content (AvgIpc) is 2.67. The smallest absolute Gasteiger partial charge is 0.0162 e. The monoisotopic (exact) mass is 348 g/mol. The second kappa shape index (κ2) is 8.89. The topological polar surface area (TPSA) is 0 Å². The van der Waals surface area contributed by atoms with Crippen LogP contribution < -0.4 is 0 Å². The van der Waals surface area contributed by atoms with Crippen LogP contribution in [0.15, 0.2) is 55.1 Å². The van der Waals surface area contributed by atoms with Crippen molar-refractivity contribution in [1.29, 1.82) is 0 Å². The van der Waals surface area contributed by atoms with E-state index in [1.807, 2.05) is 13.0 Å². The van der Waals surface area contributed by atoms with Gasteiger partial charge in [0.1, 0.15) is 0 Å². The van der Waals surface area contributed by atoms with Crippen molar-refractivity contribution >= 4 is 5.57 Å². The fourth-order valence-corrected chi connectivity index (χ4v) is 4.99. The van der Waals surface area contributed by atoms with Crippen molar-refractivity contribution in [2.24, 2.45) is 17.8 Å². The normalized spacial score (nSPS) is 29.6. The molecule has 0 heteroatoms. The lowest BCUT2D eigenvalue weighted by Gasteiger charge is -2.37. The second-order valence-electron chi connectivity index (χ2n) is 8.96. The van der Waals surface area contributed by atoms with Crippen LogP contribution in [0.2, 0.25) is 0 Å². The first-order valence-electron chi connectivity index (χ1n) is 10.7. The number of hydrogen-bond acceptors (Lipinski definition) is 0. The zero-order chi connectivity index (χ0) is 18.5. The molecule has 0 saturated heterocycles. The molecule has 26 heavy (non-hydrogen) atoms. The highest BCUT2D eigenvalue weighted by Gasteiger charge is 2.30. The van der Waals surface area contributed by atoms with Gasteiger partial charge in [0.15, 0.2) is 0 Å².